The molecule has 0 bridgehead atoms. The Balaban J connectivity index is 2.57. The molecule has 1 aromatic rings. The fourth-order valence-electron chi connectivity index (χ4n) is 1.49. The highest BCUT2D eigenvalue weighted by atomic mass is 35.5. The maximum absolute atomic E-state index is 6.08. The van der Waals surface area contributed by atoms with Crippen molar-refractivity contribution < 1.29 is 0 Å². The van der Waals surface area contributed by atoms with Gasteiger partial charge in [0.05, 0.1) is 16.1 Å². The van der Waals surface area contributed by atoms with Crippen molar-refractivity contribution in [2.75, 3.05) is 0 Å². The van der Waals surface area contributed by atoms with Gasteiger partial charge in [-0.1, -0.05) is 29.3 Å². The van der Waals surface area contributed by atoms with Crippen LogP contribution < -0.4 is 0 Å². The molecule has 3 heteroatoms. The van der Waals surface area contributed by atoms with E-state index in [-0.39, 0.29) is 0 Å². The van der Waals surface area contributed by atoms with Gasteiger partial charge in [-0.3, -0.25) is 4.99 Å². The summed E-state index contributed by atoms with van der Waals surface area (Å²) in [7, 11) is 0. The summed E-state index contributed by atoms with van der Waals surface area (Å²) in [6.45, 7) is 2.07. The highest BCUT2D eigenvalue weighted by Gasteiger charge is 2.15. The topological polar surface area (TPSA) is 12.4 Å². The van der Waals surface area contributed by atoms with E-state index in [9.17, 15) is 0 Å². The molecule has 0 unspecified atom stereocenters. The van der Waals surface area contributed by atoms with E-state index in [1.54, 1.807) is 0 Å². The minimum absolute atomic E-state index is 0.309. The van der Waals surface area contributed by atoms with Crippen molar-refractivity contribution in [2.45, 2.75) is 19.4 Å². The molecule has 0 saturated carbocycles. The molecule has 0 aromatic heterocycles. The summed E-state index contributed by atoms with van der Waals surface area (Å²) in [4.78, 5) is 4.32. The molecule has 1 nitrogen and oxygen atoms in total. The quantitative estimate of drug-likeness (QED) is 0.627. The van der Waals surface area contributed by atoms with Gasteiger partial charge in [-0.25, -0.2) is 0 Å². The highest BCUT2D eigenvalue weighted by Crippen LogP contribution is 2.30. The van der Waals surface area contributed by atoms with Crippen molar-refractivity contribution in [2.24, 2.45) is 4.99 Å². The first kappa shape index (κ1) is 9.04. The monoisotopic (exact) mass is 213 g/mol. The number of rotatable bonds is 0. The molecule has 1 heterocycles. The molecule has 0 spiro atoms. The summed E-state index contributed by atoms with van der Waals surface area (Å²) < 4.78 is 0. The fourth-order valence-corrected chi connectivity index (χ4v) is 1.92. The summed E-state index contributed by atoms with van der Waals surface area (Å²) in [6, 6.07) is 4.08. The normalized spacial score (nSPS) is 20.1. The second kappa shape index (κ2) is 3.32. The molecular weight excluding hydrogens is 205 g/mol. The van der Waals surface area contributed by atoms with Crippen molar-refractivity contribution >= 4 is 29.4 Å². The summed E-state index contributed by atoms with van der Waals surface area (Å²) in [5, 5.41) is 1.31. The Labute approximate surface area is 87.4 Å². The summed E-state index contributed by atoms with van der Waals surface area (Å²) in [5.41, 5.74) is 2.21. The van der Waals surface area contributed by atoms with Crippen LogP contribution in [0.1, 0.15) is 18.1 Å². The van der Waals surface area contributed by atoms with Gasteiger partial charge in [-0.15, -0.1) is 0 Å². The number of nitrogens with zero attached hydrogens (tertiary/aromatic N) is 1. The van der Waals surface area contributed by atoms with Gasteiger partial charge in [0.25, 0.3) is 0 Å². The van der Waals surface area contributed by atoms with E-state index in [4.69, 9.17) is 23.2 Å². The Kier molecular flexibility index (Phi) is 2.31. The minimum atomic E-state index is 0.309. The molecule has 0 saturated heterocycles. The zero-order valence-electron chi connectivity index (χ0n) is 7.22. The first-order valence-electron chi connectivity index (χ1n) is 4.18. The lowest BCUT2D eigenvalue weighted by atomic mass is 9.99. The molecule has 2 rings (SSSR count). The Morgan fingerprint density at radius 3 is 2.92 bits per heavy atom. The molecule has 0 radical (unpaired) electrons. The minimum Gasteiger partial charge on any atom is -0.289 e. The second-order valence-electron chi connectivity index (χ2n) is 3.26. The summed E-state index contributed by atoms with van der Waals surface area (Å²) >= 11 is 12.0. The van der Waals surface area contributed by atoms with Gasteiger partial charge in [0.15, 0.2) is 0 Å². The zero-order valence-corrected chi connectivity index (χ0v) is 8.73. The number of benzene rings is 1. The Morgan fingerprint density at radius 1 is 1.38 bits per heavy atom. The average Bonchev–Trinajstić information content (AvgIpc) is 2.12. The number of hydrogen-bond acceptors (Lipinski definition) is 1. The molecule has 1 aliphatic rings. The van der Waals surface area contributed by atoms with Gasteiger partial charge in [0.1, 0.15) is 0 Å². The third kappa shape index (κ3) is 1.59. The number of hydrogen-bond donors (Lipinski definition) is 0. The number of fused-ring (bicyclic) bond motifs is 1. The SMILES string of the molecule is C[C@@H]1Cc2c(ccc(Cl)c2Cl)C=N1. The molecule has 68 valence electrons. The largest absolute Gasteiger partial charge is 0.289 e. The van der Waals surface area contributed by atoms with E-state index in [0.717, 1.165) is 17.5 Å². The maximum atomic E-state index is 6.08. The first-order chi connectivity index (χ1) is 6.18. The summed E-state index contributed by atoms with van der Waals surface area (Å²) in [5.74, 6) is 0. The molecule has 13 heavy (non-hydrogen) atoms. The third-order valence-electron chi connectivity index (χ3n) is 2.20. The summed E-state index contributed by atoms with van der Waals surface area (Å²) in [6.07, 6.45) is 2.75. The number of aliphatic imine (C=N–C) groups is 1. The van der Waals surface area contributed by atoms with Gasteiger partial charge in [-0.05, 0) is 30.5 Å². The van der Waals surface area contributed by atoms with Gasteiger partial charge >= 0.3 is 0 Å². The molecule has 0 aliphatic carbocycles. The van der Waals surface area contributed by atoms with E-state index in [1.165, 1.54) is 0 Å². The van der Waals surface area contributed by atoms with Crippen molar-refractivity contribution in [3.05, 3.63) is 33.3 Å². The highest BCUT2D eigenvalue weighted by molar-refractivity contribution is 6.42. The molecule has 1 aliphatic heterocycles. The first-order valence-corrected chi connectivity index (χ1v) is 4.94. The standard InChI is InChI=1S/C10H9Cl2N/c1-6-4-8-7(5-13-6)2-3-9(11)10(8)12/h2-3,5-6H,4H2,1H3/t6-/m1/s1. The van der Waals surface area contributed by atoms with Crippen molar-refractivity contribution in [3.8, 4) is 0 Å². The lowest BCUT2D eigenvalue weighted by molar-refractivity contribution is 0.732. The van der Waals surface area contributed by atoms with Crippen molar-refractivity contribution in [1.82, 2.24) is 0 Å². The Hall–Kier alpha value is -0.530. The third-order valence-corrected chi connectivity index (χ3v) is 3.04. The van der Waals surface area contributed by atoms with E-state index in [0.29, 0.717) is 16.1 Å². The van der Waals surface area contributed by atoms with Crippen LogP contribution in [0.3, 0.4) is 0 Å². The molecule has 0 N–H and O–H groups in total. The van der Waals surface area contributed by atoms with Crippen LogP contribution in [0.4, 0.5) is 0 Å². The van der Waals surface area contributed by atoms with Gasteiger partial charge in [-0.2, -0.15) is 0 Å². The van der Waals surface area contributed by atoms with E-state index >= 15 is 0 Å². The van der Waals surface area contributed by atoms with Gasteiger partial charge in [0.2, 0.25) is 0 Å². The number of halogens is 2. The van der Waals surface area contributed by atoms with Crippen LogP contribution in [0.5, 0.6) is 0 Å². The van der Waals surface area contributed by atoms with Crippen LogP contribution in [0.2, 0.25) is 10.0 Å². The van der Waals surface area contributed by atoms with Crippen LogP contribution >= 0.6 is 23.2 Å². The van der Waals surface area contributed by atoms with Crippen LogP contribution in [0.15, 0.2) is 17.1 Å². The van der Waals surface area contributed by atoms with Crippen LogP contribution in [-0.2, 0) is 6.42 Å². The molecule has 1 aromatic carbocycles. The molecule has 0 amide bonds. The van der Waals surface area contributed by atoms with Gasteiger partial charge in [0, 0.05) is 6.21 Å². The smallest absolute Gasteiger partial charge is 0.0631 e. The van der Waals surface area contributed by atoms with Crippen molar-refractivity contribution in [1.29, 1.82) is 0 Å². The van der Waals surface area contributed by atoms with Gasteiger partial charge < -0.3 is 0 Å². The maximum Gasteiger partial charge on any atom is 0.0631 e. The van der Waals surface area contributed by atoms with E-state index < -0.39 is 0 Å². The molecular formula is C10H9Cl2N. The zero-order chi connectivity index (χ0) is 9.42. The lowest BCUT2D eigenvalue weighted by Crippen LogP contribution is -2.12. The predicted molar refractivity (Wildman–Crippen MR) is 57.2 cm³/mol. The van der Waals surface area contributed by atoms with E-state index in [1.807, 2.05) is 18.3 Å². The van der Waals surface area contributed by atoms with Crippen LogP contribution in [-0.4, -0.2) is 12.3 Å². The van der Waals surface area contributed by atoms with E-state index in [2.05, 4.69) is 11.9 Å². The Bertz CT molecular complexity index is 371. The Morgan fingerprint density at radius 2 is 2.15 bits per heavy atom. The van der Waals surface area contributed by atoms with Crippen molar-refractivity contribution in [3.63, 3.8) is 0 Å². The van der Waals surface area contributed by atoms with Crippen LogP contribution in [0.25, 0.3) is 0 Å². The predicted octanol–water partition coefficient (Wildman–Crippen LogP) is 3.36. The lowest BCUT2D eigenvalue weighted by Gasteiger charge is -2.16. The average molecular weight is 214 g/mol. The molecule has 1 atom stereocenters. The van der Waals surface area contributed by atoms with Crippen LogP contribution in [0, 0.1) is 0 Å². The fraction of sp³-hybridized carbons (Fsp3) is 0.300. The molecule has 0 fully saturated rings. The second-order valence-corrected chi connectivity index (χ2v) is 4.05.